The van der Waals surface area contributed by atoms with Gasteiger partial charge in [0.05, 0.1) is 16.3 Å². The van der Waals surface area contributed by atoms with Gasteiger partial charge >= 0.3 is 0 Å². The van der Waals surface area contributed by atoms with Gasteiger partial charge in [0.15, 0.2) is 0 Å². The minimum absolute atomic E-state index is 0.0854. The molecule has 1 saturated heterocycles. The quantitative estimate of drug-likeness (QED) is 0.317. The van der Waals surface area contributed by atoms with Gasteiger partial charge < -0.3 is 16.0 Å². The number of hydrogen-bond donors (Lipinski definition) is 4. The first-order valence-electron chi connectivity index (χ1n) is 15.3. The summed E-state index contributed by atoms with van der Waals surface area (Å²) in [6, 6.07) is 8.09. The number of benzene rings is 2. The third kappa shape index (κ3) is 5.77. The number of amides is 2. The lowest BCUT2D eigenvalue weighted by Crippen LogP contribution is -2.51. The molecule has 8 nitrogen and oxygen atoms in total. The summed E-state index contributed by atoms with van der Waals surface area (Å²) in [4.78, 5) is 28.5. The van der Waals surface area contributed by atoms with E-state index in [1.54, 1.807) is 30.3 Å². The smallest absolute Gasteiger partial charge is 0.238 e. The van der Waals surface area contributed by atoms with Gasteiger partial charge in [-0.3, -0.25) is 9.59 Å². The second kappa shape index (κ2) is 11.5. The molecule has 4 aliphatic rings. The fourth-order valence-corrected chi connectivity index (χ4v) is 9.51. The molecule has 0 aromatic heterocycles. The Kier molecular flexibility index (Phi) is 8.31. The first-order chi connectivity index (χ1) is 20.7. The Morgan fingerprint density at radius 2 is 1.73 bits per heavy atom. The zero-order chi connectivity index (χ0) is 31.6. The van der Waals surface area contributed by atoms with Gasteiger partial charge in [-0.05, 0) is 79.7 Å². The minimum Gasteiger partial charge on any atom is -0.352 e. The Balaban J connectivity index is 1.34. The van der Waals surface area contributed by atoms with E-state index in [0.717, 1.165) is 0 Å². The van der Waals surface area contributed by atoms with E-state index in [4.69, 9.17) is 23.2 Å². The highest BCUT2D eigenvalue weighted by molar-refractivity contribution is 7.90. The minimum atomic E-state index is -3.29. The molecule has 4 N–H and O–H groups in total. The zero-order valence-electron chi connectivity index (χ0n) is 25.1. The number of carbonyl (C=O) groups is 2. The monoisotopic (exact) mass is 664 g/mol. The molecule has 2 aliphatic heterocycles. The summed E-state index contributed by atoms with van der Waals surface area (Å²) < 4.78 is 43.7. The average Bonchev–Trinajstić information content (AvgIpc) is 3.70. The number of fused-ring (bicyclic) bond motifs is 2. The van der Waals surface area contributed by atoms with E-state index in [-0.39, 0.29) is 45.1 Å². The topological polar surface area (TPSA) is 116 Å². The van der Waals surface area contributed by atoms with Gasteiger partial charge in [0.25, 0.3) is 0 Å². The first kappa shape index (κ1) is 31.7. The number of hydrogen-bond acceptors (Lipinski definition) is 5. The van der Waals surface area contributed by atoms with E-state index in [1.807, 2.05) is 0 Å². The number of halogens is 3. The van der Waals surface area contributed by atoms with Gasteiger partial charge in [-0.2, -0.15) is 0 Å². The normalized spacial score (nSPS) is 30.3. The molecule has 2 amide bonds. The highest BCUT2D eigenvalue weighted by Crippen LogP contribution is 2.57. The van der Waals surface area contributed by atoms with Crippen LogP contribution in [0.3, 0.4) is 0 Å². The lowest BCUT2D eigenvalue weighted by Gasteiger charge is -2.38. The van der Waals surface area contributed by atoms with Crippen LogP contribution in [0.25, 0.3) is 0 Å². The fourth-order valence-electron chi connectivity index (χ4n) is 7.51. The van der Waals surface area contributed by atoms with Crippen molar-refractivity contribution in [2.75, 3.05) is 5.32 Å². The molecule has 4 unspecified atom stereocenters. The maximum atomic E-state index is 16.0. The van der Waals surface area contributed by atoms with Gasteiger partial charge in [0.1, 0.15) is 11.2 Å². The van der Waals surface area contributed by atoms with Crippen molar-refractivity contribution in [2.24, 2.45) is 5.41 Å². The Hall–Kier alpha value is -2.24. The van der Waals surface area contributed by atoms with Gasteiger partial charge in [0.2, 0.25) is 21.8 Å². The molecule has 2 saturated carbocycles. The lowest BCUT2D eigenvalue weighted by atomic mass is 9.62. The number of rotatable bonds is 7. The first-order valence-corrected chi connectivity index (χ1v) is 17.6. The molecule has 1 spiro atoms. The third-order valence-electron chi connectivity index (χ3n) is 9.59. The standard InChI is InChI=1S/C32H39Cl2FN4O4S/c1-31(2,3)16-25-32(22-14-7-17(33)15-24(22)37-30(32)41)26(21-5-4-6-23(34)27(21)35)28(38-25)29(40)36-18-8-10-19(11-9-18)39-44(42,43)20-12-13-20/h4-7,14-15,18-20,25-26,28,38-39H,8-13,16H2,1-3H3,(H,36,40)(H,37,41). The van der Waals surface area contributed by atoms with Crippen LogP contribution < -0.4 is 20.7 Å². The Bertz CT molecular complexity index is 1590. The van der Waals surface area contributed by atoms with Gasteiger partial charge in [-0.25, -0.2) is 17.5 Å². The van der Waals surface area contributed by atoms with Crippen LogP contribution >= 0.6 is 23.2 Å². The maximum absolute atomic E-state index is 16.0. The number of nitrogens with one attached hydrogen (secondary N) is 4. The second-order valence-electron chi connectivity index (χ2n) is 14.0. The van der Waals surface area contributed by atoms with Crippen molar-refractivity contribution >= 4 is 50.7 Å². The lowest BCUT2D eigenvalue weighted by molar-refractivity contribution is -0.124. The van der Waals surface area contributed by atoms with Gasteiger partial charge in [-0.1, -0.05) is 62.2 Å². The van der Waals surface area contributed by atoms with Crippen molar-refractivity contribution < 1.29 is 22.4 Å². The fraction of sp³-hybridized carbons (Fsp3) is 0.562. The summed E-state index contributed by atoms with van der Waals surface area (Å²) in [6.45, 7) is 6.20. The van der Waals surface area contributed by atoms with Crippen LogP contribution in [0.1, 0.15) is 82.8 Å². The summed E-state index contributed by atoms with van der Waals surface area (Å²) in [6.07, 6.45) is 4.35. The summed E-state index contributed by atoms with van der Waals surface area (Å²) in [5, 5.41) is 9.75. The molecular weight excluding hydrogens is 626 g/mol. The molecule has 44 heavy (non-hydrogen) atoms. The molecule has 4 atom stereocenters. The zero-order valence-corrected chi connectivity index (χ0v) is 27.4. The van der Waals surface area contributed by atoms with Crippen molar-refractivity contribution in [3.63, 3.8) is 0 Å². The predicted octanol–water partition coefficient (Wildman–Crippen LogP) is 5.39. The molecule has 0 bridgehead atoms. The van der Waals surface area contributed by atoms with E-state index in [9.17, 15) is 18.0 Å². The van der Waals surface area contributed by atoms with Crippen LogP contribution in [-0.2, 0) is 25.0 Å². The van der Waals surface area contributed by atoms with Gasteiger partial charge in [-0.15, -0.1) is 0 Å². The Labute approximate surface area is 268 Å². The van der Waals surface area contributed by atoms with E-state index in [2.05, 4.69) is 41.4 Å². The largest absolute Gasteiger partial charge is 0.352 e. The molecule has 6 rings (SSSR count). The van der Waals surface area contributed by atoms with Crippen LogP contribution in [0.4, 0.5) is 10.1 Å². The van der Waals surface area contributed by atoms with E-state index < -0.39 is 39.3 Å². The van der Waals surface area contributed by atoms with Crippen LogP contribution in [0, 0.1) is 11.2 Å². The number of anilines is 1. The maximum Gasteiger partial charge on any atom is 0.238 e. The van der Waals surface area contributed by atoms with Crippen molar-refractivity contribution in [1.82, 2.24) is 15.4 Å². The van der Waals surface area contributed by atoms with Crippen molar-refractivity contribution in [1.29, 1.82) is 0 Å². The molecule has 3 fully saturated rings. The van der Waals surface area contributed by atoms with Gasteiger partial charge in [0, 0.05) is 34.8 Å². The summed E-state index contributed by atoms with van der Waals surface area (Å²) in [5.41, 5.74) is -0.160. The van der Waals surface area contributed by atoms with Crippen LogP contribution in [-0.4, -0.2) is 49.6 Å². The predicted molar refractivity (Wildman–Crippen MR) is 170 cm³/mol. The Morgan fingerprint density at radius 1 is 1.05 bits per heavy atom. The third-order valence-corrected chi connectivity index (χ3v) is 12.1. The summed E-state index contributed by atoms with van der Waals surface area (Å²) >= 11 is 12.6. The summed E-state index contributed by atoms with van der Waals surface area (Å²) in [7, 11) is -3.29. The highest BCUT2D eigenvalue weighted by atomic mass is 35.5. The molecular formula is C32H39Cl2FN4O4S. The SMILES string of the molecule is CC(C)(C)CC1NC(C(=O)NC2CCC(NS(=O)(=O)C3CC3)CC2)C(c2cccc(Cl)c2F)C12C(=O)Nc1cc(Cl)ccc12. The van der Waals surface area contributed by atoms with Crippen LogP contribution in [0.15, 0.2) is 36.4 Å². The molecule has 0 radical (unpaired) electrons. The van der Waals surface area contributed by atoms with E-state index >= 15 is 4.39 Å². The number of sulfonamides is 1. The van der Waals surface area contributed by atoms with Crippen molar-refractivity contribution in [3.8, 4) is 0 Å². The average molecular weight is 666 g/mol. The van der Waals surface area contributed by atoms with Crippen molar-refractivity contribution in [2.45, 2.75) is 106 Å². The van der Waals surface area contributed by atoms with Crippen LogP contribution in [0.5, 0.6) is 0 Å². The second-order valence-corrected chi connectivity index (χ2v) is 16.9. The molecule has 2 heterocycles. The molecule has 12 heteroatoms. The molecule has 2 aliphatic carbocycles. The molecule has 238 valence electrons. The van der Waals surface area contributed by atoms with E-state index in [1.165, 1.54) is 6.07 Å². The highest BCUT2D eigenvalue weighted by Gasteiger charge is 2.66. The van der Waals surface area contributed by atoms with Crippen molar-refractivity contribution in [3.05, 3.63) is 63.4 Å². The molecule has 2 aromatic carbocycles. The van der Waals surface area contributed by atoms with E-state index in [0.29, 0.717) is 61.2 Å². The number of carbonyl (C=O) groups excluding carboxylic acids is 2. The summed E-state index contributed by atoms with van der Waals surface area (Å²) in [5.74, 6) is -2.23. The van der Waals surface area contributed by atoms with Crippen LogP contribution in [0.2, 0.25) is 10.0 Å². The Morgan fingerprint density at radius 3 is 2.39 bits per heavy atom. The molecule has 2 aromatic rings.